The van der Waals surface area contributed by atoms with Crippen LogP contribution in [0, 0.1) is 0 Å². The predicted octanol–water partition coefficient (Wildman–Crippen LogP) is 3.28. The van der Waals surface area contributed by atoms with E-state index in [1.807, 2.05) is 6.07 Å². The highest BCUT2D eigenvalue weighted by molar-refractivity contribution is 5.45. The zero-order valence-electron chi connectivity index (χ0n) is 11.4. The van der Waals surface area contributed by atoms with Crippen LogP contribution in [0.1, 0.15) is 30.5 Å². The van der Waals surface area contributed by atoms with Crippen molar-refractivity contribution in [2.45, 2.75) is 39.0 Å². The number of nitrogens with one attached hydrogen (secondary N) is 1. The highest BCUT2D eigenvalue weighted by Gasteiger charge is 2.31. The number of benzene rings is 1. The van der Waals surface area contributed by atoms with Crippen molar-refractivity contribution in [1.82, 2.24) is 5.32 Å². The van der Waals surface area contributed by atoms with Crippen molar-refractivity contribution in [3.05, 3.63) is 53.5 Å². The van der Waals surface area contributed by atoms with Crippen molar-refractivity contribution in [2.75, 3.05) is 0 Å². The predicted molar refractivity (Wildman–Crippen MR) is 74.1 cm³/mol. The fourth-order valence-electron chi connectivity index (χ4n) is 2.55. The van der Waals surface area contributed by atoms with Crippen molar-refractivity contribution in [1.29, 1.82) is 0 Å². The largest absolute Gasteiger partial charge is 0.487 e. The van der Waals surface area contributed by atoms with Gasteiger partial charge >= 0.3 is 0 Å². The van der Waals surface area contributed by atoms with Gasteiger partial charge in [-0.1, -0.05) is 18.2 Å². The molecule has 2 heterocycles. The van der Waals surface area contributed by atoms with Crippen LogP contribution in [0.15, 0.2) is 41.2 Å². The molecule has 1 aromatic carbocycles. The Morgan fingerprint density at radius 2 is 2.11 bits per heavy atom. The maximum absolute atomic E-state index is 6.05. The van der Waals surface area contributed by atoms with Gasteiger partial charge < -0.3 is 14.5 Å². The monoisotopic (exact) mass is 257 g/mol. The SMILES string of the molecule is CC1(C)Cc2cccc(CNCc3ccoc3)c2O1. The molecule has 0 unspecified atom stereocenters. The fourth-order valence-corrected chi connectivity index (χ4v) is 2.55. The quantitative estimate of drug-likeness (QED) is 0.912. The molecule has 1 N–H and O–H groups in total. The summed E-state index contributed by atoms with van der Waals surface area (Å²) in [4.78, 5) is 0. The van der Waals surface area contributed by atoms with Gasteiger partial charge in [0, 0.05) is 30.6 Å². The molecular formula is C16H19NO2. The van der Waals surface area contributed by atoms with Gasteiger partial charge in [-0.25, -0.2) is 0 Å². The molecule has 0 bridgehead atoms. The summed E-state index contributed by atoms with van der Waals surface area (Å²) >= 11 is 0. The minimum absolute atomic E-state index is 0.0804. The zero-order valence-corrected chi connectivity index (χ0v) is 11.4. The van der Waals surface area contributed by atoms with Crippen LogP contribution in [0.5, 0.6) is 5.75 Å². The lowest BCUT2D eigenvalue weighted by Gasteiger charge is -2.18. The Kier molecular flexibility index (Phi) is 3.07. The molecular weight excluding hydrogens is 238 g/mol. The zero-order chi connectivity index (χ0) is 13.3. The Morgan fingerprint density at radius 1 is 1.21 bits per heavy atom. The van der Waals surface area contributed by atoms with E-state index in [0.29, 0.717) is 0 Å². The Labute approximate surface area is 113 Å². The Hall–Kier alpha value is -1.74. The third-order valence-electron chi connectivity index (χ3n) is 3.40. The van der Waals surface area contributed by atoms with Crippen LogP contribution in [0.2, 0.25) is 0 Å². The van der Waals surface area contributed by atoms with Crippen molar-refractivity contribution in [3.8, 4) is 5.75 Å². The van der Waals surface area contributed by atoms with Gasteiger partial charge in [0.15, 0.2) is 0 Å². The van der Waals surface area contributed by atoms with E-state index in [0.717, 1.165) is 30.8 Å². The van der Waals surface area contributed by atoms with Crippen molar-refractivity contribution >= 4 is 0 Å². The van der Waals surface area contributed by atoms with E-state index in [4.69, 9.17) is 9.15 Å². The van der Waals surface area contributed by atoms with Crippen LogP contribution in [-0.4, -0.2) is 5.60 Å². The maximum Gasteiger partial charge on any atom is 0.127 e. The van der Waals surface area contributed by atoms with Crippen molar-refractivity contribution in [3.63, 3.8) is 0 Å². The van der Waals surface area contributed by atoms with Crippen LogP contribution in [0.3, 0.4) is 0 Å². The van der Waals surface area contributed by atoms with Crippen LogP contribution in [0.4, 0.5) is 0 Å². The molecule has 3 rings (SSSR count). The molecule has 1 aromatic heterocycles. The van der Waals surface area contributed by atoms with Crippen LogP contribution < -0.4 is 10.1 Å². The first kappa shape index (κ1) is 12.3. The second-order valence-electron chi connectivity index (χ2n) is 5.68. The molecule has 0 amide bonds. The summed E-state index contributed by atoms with van der Waals surface area (Å²) < 4.78 is 11.1. The Bertz CT molecular complexity index is 558. The van der Waals surface area contributed by atoms with E-state index in [1.54, 1.807) is 12.5 Å². The van der Waals surface area contributed by atoms with E-state index in [-0.39, 0.29) is 5.60 Å². The van der Waals surface area contributed by atoms with Crippen molar-refractivity contribution in [2.24, 2.45) is 0 Å². The first-order valence-corrected chi connectivity index (χ1v) is 6.66. The summed E-state index contributed by atoms with van der Waals surface area (Å²) in [5, 5.41) is 3.42. The average Bonchev–Trinajstić information content (AvgIpc) is 2.95. The van der Waals surface area contributed by atoms with E-state index < -0.39 is 0 Å². The molecule has 0 saturated heterocycles. The van der Waals surface area contributed by atoms with E-state index in [2.05, 4.69) is 37.4 Å². The molecule has 0 aliphatic carbocycles. The Morgan fingerprint density at radius 3 is 2.89 bits per heavy atom. The van der Waals surface area contributed by atoms with E-state index in [9.17, 15) is 0 Å². The minimum Gasteiger partial charge on any atom is -0.487 e. The normalized spacial score (nSPS) is 16.1. The molecule has 0 saturated carbocycles. The maximum atomic E-state index is 6.05. The van der Waals surface area contributed by atoms with Gasteiger partial charge in [0.1, 0.15) is 11.4 Å². The highest BCUT2D eigenvalue weighted by Crippen LogP contribution is 2.37. The summed E-state index contributed by atoms with van der Waals surface area (Å²) in [6.45, 7) is 5.89. The second-order valence-corrected chi connectivity index (χ2v) is 5.68. The van der Waals surface area contributed by atoms with Crippen LogP contribution in [-0.2, 0) is 19.5 Å². The second kappa shape index (κ2) is 4.74. The molecule has 1 aliphatic rings. The highest BCUT2D eigenvalue weighted by atomic mass is 16.5. The van der Waals surface area contributed by atoms with Gasteiger partial charge in [-0.2, -0.15) is 0 Å². The van der Waals surface area contributed by atoms with Gasteiger partial charge in [-0.15, -0.1) is 0 Å². The molecule has 0 atom stereocenters. The summed E-state index contributed by atoms with van der Waals surface area (Å²) in [7, 11) is 0. The van der Waals surface area contributed by atoms with E-state index in [1.165, 1.54) is 11.1 Å². The number of fused-ring (bicyclic) bond motifs is 1. The van der Waals surface area contributed by atoms with Crippen molar-refractivity contribution < 1.29 is 9.15 Å². The van der Waals surface area contributed by atoms with Crippen LogP contribution >= 0.6 is 0 Å². The molecule has 0 radical (unpaired) electrons. The number of ether oxygens (including phenoxy) is 1. The fraction of sp³-hybridized carbons (Fsp3) is 0.375. The van der Waals surface area contributed by atoms with E-state index >= 15 is 0 Å². The lowest BCUT2D eigenvalue weighted by atomic mass is 10.0. The van der Waals surface area contributed by atoms with Gasteiger partial charge in [0.2, 0.25) is 0 Å². The van der Waals surface area contributed by atoms with Gasteiger partial charge in [0.25, 0.3) is 0 Å². The van der Waals surface area contributed by atoms with Crippen LogP contribution in [0.25, 0.3) is 0 Å². The third-order valence-corrected chi connectivity index (χ3v) is 3.40. The lowest BCUT2D eigenvalue weighted by Crippen LogP contribution is -2.25. The molecule has 19 heavy (non-hydrogen) atoms. The van der Waals surface area contributed by atoms with Gasteiger partial charge in [-0.3, -0.25) is 0 Å². The lowest BCUT2D eigenvalue weighted by molar-refractivity contribution is 0.137. The summed E-state index contributed by atoms with van der Waals surface area (Å²) in [5.41, 5.74) is 3.62. The number of hydrogen-bond acceptors (Lipinski definition) is 3. The molecule has 0 fully saturated rings. The molecule has 3 nitrogen and oxygen atoms in total. The topological polar surface area (TPSA) is 34.4 Å². The van der Waals surface area contributed by atoms with Gasteiger partial charge in [0.05, 0.1) is 12.5 Å². The number of para-hydroxylation sites is 1. The summed E-state index contributed by atoms with van der Waals surface area (Å²) in [6, 6.07) is 8.37. The summed E-state index contributed by atoms with van der Waals surface area (Å²) in [5.74, 6) is 1.06. The minimum atomic E-state index is -0.0804. The first-order chi connectivity index (χ1) is 9.14. The number of hydrogen-bond donors (Lipinski definition) is 1. The number of rotatable bonds is 4. The van der Waals surface area contributed by atoms with Gasteiger partial charge in [-0.05, 0) is 25.5 Å². The molecule has 1 aliphatic heterocycles. The standard InChI is InChI=1S/C16H19NO2/c1-16(2)8-13-4-3-5-14(15(13)19-16)10-17-9-12-6-7-18-11-12/h3-7,11,17H,8-10H2,1-2H3. The Balaban J connectivity index is 1.68. The average molecular weight is 257 g/mol. The molecule has 100 valence electrons. The summed E-state index contributed by atoms with van der Waals surface area (Å²) in [6.07, 6.45) is 4.45. The smallest absolute Gasteiger partial charge is 0.127 e. The molecule has 3 heteroatoms. The molecule has 0 spiro atoms. The molecule has 2 aromatic rings. The number of furan rings is 1. The third kappa shape index (κ3) is 2.66. The first-order valence-electron chi connectivity index (χ1n) is 6.66.